The molecule has 0 radical (unpaired) electrons. The fourth-order valence-corrected chi connectivity index (χ4v) is 3.43. The first-order chi connectivity index (χ1) is 16.3. The summed E-state index contributed by atoms with van der Waals surface area (Å²) >= 11 is 0. The lowest BCUT2D eigenvalue weighted by Gasteiger charge is -2.38. The fourth-order valence-electron chi connectivity index (χ4n) is 3.43. The number of likely N-dealkylation sites (tertiary alicyclic amines) is 1. The van der Waals surface area contributed by atoms with E-state index in [1.54, 1.807) is 6.20 Å². The minimum atomic E-state index is -2.92. The number of nitrogens with zero attached hydrogens (tertiary/aromatic N) is 7. The van der Waals surface area contributed by atoms with Crippen molar-refractivity contribution < 1.29 is 23.1 Å². The molecule has 176 valence electrons. The number of carbonyl (C=O) groups is 2. The van der Waals surface area contributed by atoms with Crippen molar-refractivity contribution in [1.82, 2.24) is 34.6 Å². The van der Waals surface area contributed by atoms with E-state index in [4.69, 9.17) is 4.74 Å². The zero-order valence-electron chi connectivity index (χ0n) is 17.9. The average Bonchev–Trinajstić information content (AvgIpc) is 3.57. The molecule has 0 aromatic carbocycles. The van der Waals surface area contributed by atoms with Gasteiger partial charge in [-0.25, -0.2) is 33.5 Å². The Bertz CT molecular complexity index is 1240. The third-order valence-electron chi connectivity index (χ3n) is 5.28. The van der Waals surface area contributed by atoms with Crippen LogP contribution in [0.1, 0.15) is 34.9 Å². The topological polar surface area (TPSA) is 140 Å². The average molecular weight is 471 g/mol. The quantitative estimate of drug-likeness (QED) is 0.554. The Labute approximate surface area is 191 Å². The van der Waals surface area contributed by atoms with Crippen LogP contribution in [0.15, 0.2) is 31.1 Å². The third kappa shape index (κ3) is 4.46. The predicted octanol–water partition coefficient (Wildman–Crippen LogP) is 2.32. The van der Waals surface area contributed by atoms with Crippen molar-refractivity contribution in [2.45, 2.75) is 24.7 Å². The largest absolute Gasteiger partial charge is 0.418 e. The lowest BCUT2D eigenvalue weighted by atomic mass is 10.1. The summed E-state index contributed by atoms with van der Waals surface area (Å²) in [7, 11) is 1.47. The number of aromatic nitrogens is 6. The number of rotatable bonds is 6. The van der Waals surface area contributed by atoms with Crippen LogP contribution in [0.25, 0.3) is 0 Å². The Balaban J connectivity index is 1.34. The molecule has 4 heterocycles. The van der Waals surface area contributed by atoms with Crippen LogP contribution in [0.4, 0.5) is 30.8 Å². The van der Waals surface area contributed by atoms with Crippen molar-refractivity contribution in [1.29, 1.82) is 0 Å². The van der Waals surface area contributed by atoms with E-state index >= 15 is 0 Å². The molecule has 5 rings (SSSR count). The Kier molecular flexibility index (Phi) is 5.26. The number of carbonyl (C=O) groups excluding carboxylic acids is 2. The standard InChI is InChI=1S/C20H19F2N9O3/c1-30-15(18(32)31-8-20(21,22)9-31)14(7-26-30)29-19(33)34-17-16(27-12-4-23-10-24-5-12)25-6-13(28-17)11-2-3-11/h4-7,10-11H,2-3,8-9H2,1H3,(H,25,27)(H,29,33). The lowest BCUT2D eigenvalue weighted by Crippen LogP contribution is -2.58. The molecule has 34 heavy (non-hydrogen) atoms. The molecule has 1 saturated carbocycles. The molecule has 0 atom stereocenters. The maximum atomic E-state index is 13.2. The molecule has 0 bridgehead atoms. The van der Waals surface area contributed by atoms with Crippen LogP contribution in [-0.2, 0) is 7.05 Å². The van der Waals surface area contributed by atoms with Gasteiger partial charge in [0.05, 0.1) is 54.9 Å². The molecule has 14 heteroatoms. The van der Waals surface area contributed by atoms with E-state index in [0.717, 1.165) is 17.7 Å². The van der Waals surface area contributed by atoms with Gasteiger partial charge >= 0.3 is 6.09 Å². The molecule has 12 nitrogen and oxygen atoms in total. The van der Waals surface area contributed by atoms with Crippen LogP contribution < -0.4 is 15.4 Å². The van der Waals surface area contributed by atoms with Gasteiger partial charge in [0.15, 0.2) is 5.82 Å². The number of nitrogens with one attached hydrogen (secondary N) is 2. The molecule has 2 N–H and O–H groups in total. The first kappa shape index (κ1) is 21.6. The summed E-state index contributed by atoms with van der Waals surface area (Å²) in [5.41, 5.74) is 1.16. The fraction of sp³-hybridized carbons (Fsp3) is 0.350. The van der Waals surface area contributed by atoms with Gasteiger partial charge in [0, 0.05) is 13.0 Å². The smallest absolute Gasteiger partial charge is 0.387 e. The van der Waals surface area contributed by atoms with Crippen molar-refractivity contribution in [3.63, 3.8) is 0 Å². The van der Waals surface area contributed by atoms with Crippen LogP contribution >= 0.6 is 0 Å². The normalized spacial score (nSPS) is 16.5. The summed E-state index contributed by atoms with van der Waals surface area (Å²) in [6.45, 7) is -1.38. The van der Waals surface area contributed by atoms with E-state index < -0.39 is 31.0 Å². The van der Waals surface area contributed by atoms with Crippen molar-refractivity contribution in [3.05, 3.63) is 42.5 Å². The van der Waals surface area contributed by atoms with E-state index in [1.807, 2.05) is 0 Å². The molecule has 0 unspecified atom stereocenters. The van der Waals surface area contributed by atoms with E-state index in [-0.39, 0.29) is 29.0 Å². The van der Waals surface area contributed by atoms with Crippen LogP contribution in [0.2, 0.25) is 0 Å². The number of halogens is 2. The summed E-state index contributed by atoms with van der Waals surface area (Å²) in [4.78, 5) is 42.9. The highest BCUT2D eigenvalue weighted by molar-refractivity contribution is 6.01. The summed E-state index contributed by atoms with van der Waals surface area (Å²) in [6.07, 6.45) is 8.22. The number of alkyl halides is 2. The van der Waals surface area contributed by atoms with Gasteiger partial charge in [-0.3, -0.25) is 14.8 Å². The van der Waals surface area contributed by atoms with Crippen molar-refractivity contribution in [3.8, 4) is 5.88 Å². The van der Waals surface area contributed by atoms with Gasteiger partial charge in [0.2, 0.25) is 0 Å². The third-order valence-corrected chi connectivity index (χ3v) is 5.28. The summed E-state index contributed by atoms with van der Waals surface area (Å²) in [5, 5.41) is 9.34. The van der Waals surface area contributed by atoms with E-state index in [2.05, 4.69) is 35.7 Å². The molecule has 1 aliphatic heterocycles. The number of aryl methyl sites for hydroxylation is 1. The molecular formula is C20H19F2N9O3. The first-order valence-electron chi connectivity index (χ1n) is 10.4. The van der Waals surface area contributed by atoms with E-state index in [0.29, 0.717) is 11.4 Å². The van der Waals surface area contributed by atoms with Crippen molar-refractivity contribution in [2.75, 3.05) is 23.7 Å². The Morgan fingerprint density at radius 1 is 1.15 bits per heavy atom. The predicted molar refractivity (Wildman–Crippen MR) is 113 cm³/mol. The van der Waals surface area contributed by atoms with Gasteiger partial charge in [-0.05, 0) is 12.8 Å². The second kappa shape index (κ2) is 8.28. The first-order valence-corrected chi connectivity index (χ1v) is 10.4. The highest BCUT2D eigenvalue weighted by atomic mass is 19.3. The molecule has 3 aromatic rings. The summed E-state index contributed by atoms with van der Waals surface area (Å²) in [6, 6.07) is 0. The highest BCUT2D eigenvalue weighted by Crippen LogP contribution is 2.40. The molecule has 0 spiro atoms. The van der Waals surface area contributed by atoms with Gasteiger partial charge < -0.3 is 15.0 Å². The molecule has 3 aromatic heterocycles. The number of amides is 2. The maximum absolute atomic E-state index is 13.2. The molecule has 2 amide bonds. The Hall–Kier alpha value is -4.23. The monoisotopic (exact) mass is 471 g/mol. The van der Waals surface area contributed by atoms with Gasteiger partial charge in [-0.2, -0.15) is 5.10 Å². The van der Waals surface area contributed by atoms with Gasteiger partial charge in [-0.1, -0.05) is 0 Å². The Morgan fingerprint density at radius 3 is 2.56 bits per heavy atom. The zero-order chi connectivity index (χ0) is 23.9. The molecular weight excluding hydrogens is 452 g/mol. The second-order valence-electron chi connectivity index (χ2n) is 8.04. The summed E-state index contributed by atoms with van der Waals surface area (Å²) in [5.74, 6) is -3.25. The summed E-state index contributed by atoms with van der Waals surface area (Å²) < 4.78 is 33.0. The van der Waals surface area contributed by atoms with Crippen LogP contribution in [0.3, 0.4) is 0 Å². The minimum Gasteiger partial charge on any atom is -0.387 e. The lowest BCUT2D eigenvalue weighted by molar-refractivity contribution is -0.113. The zero-order valence-corrected chi connectivity index (χ0v) is 17.9. The molecule has 1 saturated heterocycles. The molecule has 2 aliphatic rings. The number of anilines is 3. The highest BCUT2D eigenvalue weighted by Gasteiger charge is 2.47. The number of ether oxygens (including phenoxy) is 1. The number of hydrogen-bond donors (Lipinski definition) is 2. The van der Waals surface area contributed by atoms with Gasteiger partial charge in [0.1, 0.15) is 12.0 Å². The Morgan fingerprint density at radius 2 is 1.88 bits per heavy atom. The second-order valence-corrected chi connectivity index (χ2v) is 8.04. The van der Waals surface area contributed by atoms with Crippen LogP contribution in [-0.4, -0.2) is 65.6 Å². The van der Waals surface area contributed by atoms with E-state index in [1.165, 1.54) is 36.6 Å². The SMILES string of the molecule is Cn1ncc(NC(=O)Oc2nc(C3CC3)cnc2Nc2cncnc2)c1C(=O)N1CC(F)(F)C1. The van der Waals surface area contributed by atoms with Gasteiger partial charge in [-0.15, -0.1) is 0 Å². The van der Waals surface area contributed by atoms with Crippen LogP contribution in [0, 0.1) is 0 Å². The van der Waals surface area contributed by atoms with Crippen molar-refractivity contribution >= 4 is 29.2 Å². The molecule has 1 aliphatic carbocycles. The maximum Gasteiger partial charge on any atom is 0.418 e. The minimum absolute atomic E-state index is 0.0185. The van der Waals surface area contributed by atoms with E-state index in [9.17, 15) is 18.4 Å². The van der Waals surface area contributed by atoms with Gasteiger partial charge in [0.25, 0.3) is 17.7 Å². The van der Waals surface area contributed by atoms with Crippen LogP contribution in [0.5, 0.6) is 5.88 Å². The van der Waals surface area contributed by atoms with Crippen molar-refractivity contribution in [2.24, 2.45) is 7.05 Å². The number of hydrogen-bond acceptors (Lipinski definition) is 9. The molecule has 2 fully saturated rings.